The second-order valence-electron chi connectivity index (χ2n) is 4.11. The van der Waals surface area contributed by atoms with Crippen LogP contribution in [0, 0.1) is 0 Å². The molecular formula is C13H13Br2N3O2S. The Bertz CT molecular complexity index is 751. The van der Waals surface area contributed by atoms with Crippen molar-refractivity contribution >= 4 is 53.4 Å². The summed E-state index contributed by atoms with van der Waals surface area (Å²) in [6, 6.07) is 8.36. The average molecular weight is 435 g/mol. The van der Waals surface area contributed by atoms with E-state index < -0.39 is 10.0 Å². The molecule has 1 aromatic heterocycles. The molecule has 5 nitrogen and oxygen atoms in total. The Labute approximate surface area is 140 Å². The van der Waals surface area contributed by atoms with Gasteiger partial charge in [0.25, 0.3) is 10.0 Å². The second-order valence-corrected chi connectivity index (χ2v) is 7.53. The highest BCUT2D eigenvalue weighted by Gasteiger charge is 2.20. The predicted molar refractivity (Wildman–Crippen MR) is 91.1 cm³/mol. The molecule has 0 fully saturated rings. The van der Waals surface area contributed by atoms with Gasteiger partial charge in [0.1, 0.15) is 10.7 Å². The van der Waals surface area contributed by atoms with Gasteiger partial charge in [-0.15, -0.1) is 0 Å². The standard InChI is InChI=1S/C13H13Br2N3O2S/c1-2-16-13-12(4-3-7-17-13)21(19,20)18-11-8-9(14)5-6-10(11)15/h3-8,18H,2H2,1H3,(H,16,17). The van der Waals surface area contributed by atoms with E-state index in [4.69, 9.17) is 0 Å². The number of pyridine rings is 1. The van der Waals surface area contributed by atoms with Crippen LogP contribution in [-0.4, -0.2) is 19.9 Å². The first-order valence-electron chi connectivity index (χ1n) is 6.11. The molecular weight excluding hydrogens is 422 g/mol. The van der Waals surface area contributed by atoms with E-state index in [-0.39, 0.29) is 4.90 Å². The first-order valence-corrected chi connectivity index (χ1v) is 9.17. The minimum absolute atomic E-state index is 0.110. The molecule has 2 rings (SSSR count). The zero-order valence-corrected chi connectivity index (χ0v) is 15.1. The lowest BCUT2D eigenvalue weighted by molar-refractivity contribution is 0.601. The van der Waals surface area contributed by atoms with Crippen LogP contribution < -0.4 is 10.0 Å². The lowest BCUT2D eigenvalue weighted by Gasteiger charge is -2.13. The minimum atomic E-state index is -3.73. The molecule has 2 N–H and O–H groups in total. The van der Waals surface area contributed by atoms with E-state index in [9.17, 15) is 8.42 Å². The lowest BCUT2D eigenvalue weighted by atomic mass is 10.3. The summed E-state index contributed by atoms with van der Waals surface area (Å²) in [4.78, 5) is 4.17. The molecule has 0 amide bonds. The van der Waals surface area contributed by atoms with Gasteiger partial charge in [-0.2, -0.15) is 0 Å². The summed E-state index contributed by atoms with van der Waals surface area (Å²) >= 11 is 6.64. The summed E-state index contributed by atoms with van der Waals surface area (Å²) in [6.45, 7) is 2.46. The van der Waals surface area contributed by atoms with Crippen molar-refractivity contribution in [2.45, 2.75) is 11.8 Å². The fraction of sp³-hybridized carbons (Fsp3) is 0.154. The van der Waals surface area contributed by atoms with E-state index in [0.29, 0.717) is 22.5 Å². The molecule has 0 unspecified atom stereocenters. The summed E-state index contributed by atoms with van der Waals surface area (Å²) in [6.07, 6.45) is 1.55. The van der Waals surface area contributed by atoms with Crippen LogP contribution in [0.1, 0.15) is 6.92 Å². The predicted octanol–water partition coefficient (Wildman–Crippen LogP) is 3.84. The summed E-state index contributed by atoms with van der Waals surface area (Å²) < 4.78 is 29.1. The zero-order chi connectivity index (χ0) is 15.5. The molecule has 112 valence electrons. The van der Waals surface area contributed by atoms with Crippen LogP contribution in [0.2, 0.25) is 0 Å². The normalized spacial score (nSPS) is 11.2. The highest BCUT2D eigenvalue weighted by atomic mass is 79.9. The Hall–Kier alpha value is -1.12. The number of benzene rings is 1. The Morgan fingerprint density at radius 1 is 1.24 bits per heavy atom. The van der Waals surface area contributed by atoms with Gasteiger partial charge in [0, 0.05) is 21.7 Å². The van der Waals surface area contributed by atoms with Gasteiger partial charge in [0.2, 0.25) is 0 Å². The molecule has 1 heterocycles. The van der Waals surface area contributed by atoms with Crippen LogP contribution in [0.25, 0.3) is 0 Å². The minimum Gasteiger partial charge on any atom is -0.369 e. The molecule has 0 saturated heterocycles. The molecule has 8 heteroatoms. The highest BCUT2D eigenvalue weighted by Crippen LogP contribution is 2.29. The monoisotopic (exact) mass is 433 g/mol. The van der Waals surface area contributed by atoms with Crippen molar-refractivity contribution in [1.29, 1.82) is 0 Å². The molecule has 0 aliphatic heterocycles. The number of sulfonamides is 1. The molecule has 0 spiro atoms. The Morgan fingerprint density at radius 2 is 2.00 bits per heavy atom. The van der Waals surface area contributed by atoms with Gasteiger partial charge >= 0.3 is 0 Å². The highest BCUT2D eigenvalue weighted by molar-refractivity contribution is 9.11. The van der Waals surface area contributed by atoms with E-state index in [1.54, 1.807) is 24.4 Å². The van der Waals surface area contributed by atoms with Gasteiger partial charge in [-0.05, 0) is 53.2 Å². The molecule has 21 heavy (non-hydrogen) atoms. The van der Waals surface area contributed by atoms with Crippen molar-refractivity contribution in [2.75, 3.05) is 16.6 Å². The number of halogens is 2. The van der Waals surface area contributed by atoms with Gasteiger partial charge in [0.15, 0.2) is 0 Å². The number of anilines is 2. The topological polar surface area (TPSA) is 71.1 Å². The molecule has 0 saturated carbocycles. The van der Waals surface area contributed by atoms with Gasteiger partial charge in [-0.3, -0.25) is 4.72 Å². The van der Waals surface area contributed by atoms with Crippen LogP contribution in [0.15, 0.2) is 50.4 Å². The van der Waals surface area contributed by atoms with Crippen molar-refractivity contribution in [1.82, 2.24) is 4.98 Å². The van der Waals surface area contributed by atoms with Crippen LogP contribution in [0.3, 0.4) is 0 Å². The third-order valence-electron chi connectivity index (χ3n) is 2.58. The van der Waals surface area contributed by atoms with Crippen molar-refractivity contribution in [3.63, 3.8) is 0 Å². The zero-order valence-electron chi connectivity index (χ0n) is 11.1. The largest absolute Gasteiger partial charge is 0.369 e. The fourth-order valence-electron chi connectivity index (χ4n) is 1.68. The van der Waals surface area contributed by atoms with E-state index in [1.165, 1.54) is 6.07 Å². The van der Waals surface area contributed by atoms with Crippen molar-refractivity contribution < 1.29 is 8.42 Å². The number of rotatable bonds is 5. The Balaban J connectivity index is 2.41. The van der Waals surface area contributed by atoms with Gasteiger partial charge in [0.05, 0.1) is 5.69 Å². The molecule has 0 aliphatic carbocycles. The molecule has 2 aromatic rings. The first-order chi connectivity index (χ1) is 9.94. The molecule has 0 radical (unpaired) electrons. The third-order valence-corrected chi connectivity index (χ3v) is 5.16. The summed E-state index contributed by atoms with van der Waals surface area (Å²) in [5.74, 6) is 0.332. The Morgan fingerprint density at radius 3 is 2.71 bits per heavy atom. The summed E-state index contributed by atoms with van der Waals surface area (Å²) in [5.41, 5.74) is 0.454. The third kappa shape index (κ3) is 3.96. The van der Waals surface area contributed by atoms with Gasteiger partial charge in [-0.1, -0.05) is 15.9 Å². The van der Waals surface area contributed by atoms with Crippen molar-refractivity contribution in [3.05, 3.63) is 45.5 Å². The van der Waals surface area contributed by atoms with Crippen molar-refractivity contribution in [2.24, 2.45) is 0 Å². The maximum Gasteiger partial charge on any atom is 0.265 e. The summed E-state index contributed by atoms with van der Waals surface area (Å²) in [5, 5.41) is 2.94. The smallest absolute Gasteiger partial charge is 0.265 e. The number of hydrogen-bond donors (Lipinski definition) is 2. The second kappa shape index (κ2) is 6.76. The molecule has 0 atom stereocenters. The van der Waals surface area contributed by atoms with E-state index in [2.05, 4.69) is 46.9 Å². The SMILES string of the molecule is CCNc1ncccc1S(=O)(=O)Nc1cc(Br)ccc1Br. The quantitative estimate of drug-likeness (QED) is 0.749. The summed E-state index contributed by atoms with van der Waals surface area (Å²) in [7, 11) is -3.73. The maximum atomic E-state index is 12.5. The van der Waals surface area contributed by atoms with Crippen LogP contribution in [0.5, 0.6) is 0 Å². The van der Waals surface area contributed by atoms with Crippen LogP contribution >= 0.6 is 31.9 Å². The van der Waals surface area contributed by atoms with E-state index in [0.717, 1.165) is 4.47 Å². The van der Waals surface area contributed by atoms with Gasteiger partial charge < -0.3 is 5.32 Å². The lowest BCUT2D eigenvalue weighted by Crippen LogP contribution is -2.16. The van der Waals surface area contributed by atoms with E-state index >= 15 is 0 Å². The maximum absolute atomic E-state index is 12.5. The van der Waals surface area contributed by atoms with Crippen molar-refractivity contribution in [3.8, 4) is 0 Å². The molecule has 0 bridgehead atoms. The Kier molecular flexibility index (Phi) is 5.23. The number of nitrogens with zero attached hydrogens (tertiary/aromatic N) is 1. The van der Waals surface area contributed by atoms with Gasteiger partial charge in [-0.25, -0.2) is 13.4 Å². The van der Waals surface area contributed by atoms with E-state index in [1.807, 2.05) is 13.0 Å². The van der Waals surface area contributed by atoms with Crippen LogP contribution in [-0.2, 0) is 10.0 Å². The number of hydrogen-bond acceptors (Lipinski definition) is 4. The first kappa shape index (κ1) is 16.3. The molecule has 1 aromatic carbocycles. The average Bonchev–Trinajstić information content (AvgIpc) is 2.43. The van der Waals surface area contributed by atoms with Crippen LogP contribution in [0.4, 0.5) is 11.5 Å². The number of nitrogens with one attached hydrogen (secondary N) is 2. The fourth-order valence-corrected chi connectivity index (χ4v) is 3.73. The number of aromatic nitrogens is 1. The molecule has 0 aliphatic rings.